The maximum atomic E-state index is 11.8. The predicted octanol–water partition coefficient (Wildman–Crippen LogP) is 3.15. The molecule has 1 amide bonds. The summed E-state index contributed by atoms with van der Waals surface area (Å²) in [6.07, 6.45) is -4.73. The highest BCUT2D eigenvalue weighted by molar-refractivity contribution is 6.32. The van der Waals surface area contributed by atoms with Crippen molar-refractivity contribution in [2.45, 2.75) is 18.7 Å². The van der Waals surface area contributed by atoms with Gasteiger partial charge >= 0.3 is 6.36 Å². The Bertz CT molecular complexity index is 390. The first-order chi connectivity index (χ1) is 7.78. The van der Waals surface area contributed by atoms with Crippen molar-refractivity contribution in [3.8, 4) is 5.75 Å². The second kappa shape index (κ2) is 5.27. The summed E-state index contributed by atoms with van der Waals surface area (Å²) >= 11 is 5.51. The monoisotopic (exact) mass is 267 g/mol. The molecule has 94 valence electrons. The number of benzene rings is 1. The second-order valence-electron chi connectivity index (χ2n) is 3.18. The molecule has 7 heteroatoms. The quantitative estimate of drug-likeness (QED) is 0.855. The van der Waals surface area contributed by atoms with Gasteiger partial charge in [0.2, 0.25) is 5.91 Å². The van der Waals surface area contributed by atoms with Crippen LogP contribution in [0.1, 0.15) is 6.92 Å². The fraction of sp³-hybridized carbons (Fsp3) is 0.300. The summed E-state index contributed by atoms with van der Waals surface area (Å²) in [4.78, 5) is 11.2. The molecule has 3 nitrogen and oxygen atoms in total. The Balaban J connectivity index is 2.65. The van der Waals surface area contributed by atoms with E-state index in [4.69, 9.17) is 11.6 Å². The lowest BCUT2D eigenvalue weighted by Gasteiger charge is -2.10. The highest BCUT2D eigenvalue weighted by Crippen LogP contribution is 2.23. The van der Waals surface area contributed by atoms with Crippen LogP contribution in [0, 0.1) is 0 Å². The molecule has 0 bridgehead atoms. The number of carbonyl (C=O) groups is 1. The molecule has 0 spiro atoms. The third kappa shape index (κ3) is 4.95. The van der Waals surface area contributed by atoms with E-state index in [2.05, 4.69) is 10.1 Å². The average Bonchev–Trinajstić information content (AvgIpc) is 2.18. The lowest BCUT2D eigenvalue weighted by molar-refractivity contribution is -0.274. The van der Waals surface area contributed by atoms with Crippen molar-refractivity contribution in [2.75, 3.05) is 5.32 Å². The van der Waals surface area contributed by atoms with Gasteiger partial charge in [-0.15, -0.1) is 24.8 Å². The van der Waals surface area contributed by atoms with Crippen molar-refractivity contribution in [1.82, 2.24) is 0 Å². The zero-order valence-corrected chi connectivity index (χ0v) is 9.47. The smallest absolute Gasteiger partial charge is 0.406 e. The molecule has 0 radical (unpaired) electrons. The van der Waals surface area contributed by atoms with Gasteiger partial charge in [-0.05, 0) is 31.2 Å². The molecule has 1 atom stereocenters. The summed E-state index contributed by atoms with van der Waals surface area (Å²) in [5.74, 6) is -0.787. The molecule has 0 aliphatic rings. The largest absolute Gasteiger partial charge is 0.573 e. The van der Waals surface area contributed by atoms with Gasteiger partial charge in [-0.25, -0.2) is 0 Å². The molecule has 1 aromatic rings. The van der Waals surface area contributed by atoms with Gasteiger partial charge in [0.25, 0.3) is 0 Å². The molecule has 0 unspecified atom stereocenters. The molecule has 0 saturated heterocycles. The Morgan fingerprint density at radius 3 is 2.29 bits per heavy atom. The number of ether oxygens (including phenoxy) is 1. The van der Waals surface area contributed by atoms with Crippen molar-refractivity contribution in [2.24, 2.45) is 0 Å². The summed E-state index contributed by atoms with van der Waals surface area (Å²) in [5.41, 5.74) is 0.344. The summed E-state index contributed by atoms with van der Waals surface area (Å²) in [7, 11) is 0. The van der Waals surface area contributed by atoms with Crippen LogP contribution in [0.25, 0.3) is 0 Å². The van der Waals surface area contributed by atoms with Gasteiger partial charge in [-0.2, -0.15) is 0 Å². The molecule has 0 fully saturated rings. The molecule has 0 heterocycles. The van der Waals surface area contributed by atoms with Crippen LogP contribution in [0.2, 0.25) is 0 Å². The van der Waals surface area contributed by atoms with Crippen LogP contribution in [-0.4, -0.2) is 17.6 Å². The summed E-state index contributed by atoms with van der Waals surface area (Å²) in [6, 6.07) is 4.78. The number of hydrogen-bond donors (Lipinski definition) is 1. The van der Waals surface area contributed by atoms with Crippen molar-refractivity contribution in [1.29, 1.82) is 0 Å². The lowest BCUT2D eigenvalue weighted by atomic mass is 10.3. The van der Waals surface area contributed by atoms with Gasteiger partial charge in [0.1, 0.15) is 11.1 Å². The number of nitrogens with one attached hydrogen (secondary N) is 1. The van der Waals surface area contributed by atoms with Crippen LogP contribution in [0.5, 0.6) is 5.75 Å². The predicted molar refractivity (Wildman–Crippen MR) is 57.1 cm³/mol. The Labute approximate surface area is 101 Å². The first-order valence-electron chi connectivity index (χ1n) is 4.58. The lowest BCUT2D eigenvalue weighted by Crippen LogP contribution is -2.20. The molecule has 0 saturated carbocycles. The number of halogens is 4. The zero-order chi connectivity index (χ0) is 13.1. The molecule has 0 aromatic heterocycles. The van der Waals surface area contributed by atoms with Gasteiger partial charge in [0.05, 0.1) is 0 Å². The molecular formula is C10H9ClF3NO2. The topological polar surface area (TPSA) is 38.3 Å². The van der Waals surface area contributed by atoms with Crippen LogP contribution < -0.4 is 10.1 Å². The Morgan fingerprint density at radius 2 is 1.88 bits per heavy atom. The number of anilines is 1. The number of alkyl halides is 4. The van der Waals surface area contributed by atoms with E-state index >= 15 is 0 Å². The van der Waals surface area contributed by atoms with Crippen molar-refractivity contribution in [3.05, 3.63) is 24.3 Å². The minimum Gasteiger partial charge on any atom is -0.406 e. The molecule has 0 aliphatic heterocycles. The van der Waals surface area contributed by atoms with Crippen LogP contribution in [-0.2, 0) is 4.79 Å². The van der Waals surface area contributed by atoms with E-state index in [-0.39, 0.29) is 5.75 Å². The standard InChI is InChI=1S/C10H9ClF3NO2/c1-6(11)9(16)15-7-2-4-8(5-3-7)17-10(12,13)14/h2-6H,1H3,(H,15,16)/t6-/m1/s1. The van der Waals surface area contributed by atoms with E-state index < -0.39 is 17.6 Å². The van der Waals surface area contributed by atoms with E-state index in [1.165, 1.54) is 19.1 Å². The van der Waals surface area contributed by atoms with Crippen LogP contribution in [0.15, 0.2) is 24.3 Å². The van der Waals surface area contributed by atoms with E-state index in [1.54, 1.807) is 0 Å². The number of hydrogen-bond acceptors (Lipinski definition) is 2. The summed E-state index contributed by atoms with van der Waals surface area (Å²) in [5, 5.41) is 1.70. The first kappa shape index (κ1) is 13.6. The highest BCUT2D eigenvalue weighted by Gasteiger charge is 2.30. The molecule has 1 rings (SSSR count). The van der Waals surface area contributed by atoms with E-state index in [9.17, 15) is 18.0 Å². The van der Waals surface area contributed by atoms with E-state index in [0.717, 1.165) is 12.1 Å². The Morgan fingerprint density at radius 1 is 1.35 bits per heavy atom. The average molecular weight is 268 g/mol. The zero-order valence-electron chi connectivity index (χ0n) is 8.72. The molecule has 17 heavy (non-hydrogen) atoms. The van der Waals surface area contributed by atoms with Crippen molar-refractivity contribution < 1.29 is 22.7 Å². The summed E-state index contributed by atoms with van der Waals surface area (Å²) in [6.45, 7) is 1.48. The third-order valence-electron chi connectivity index (χ3n) is 1.72. The van der Waals surface area contributed by atoms with Crippen LogP contribution in [0.3, 0.4) is 0 Å². The fourth-order valence-corrected chi connectivity index (χ4v) is 1.04. The maximum absolute atomic E-state index is 11.8. The third-order valence-corrected chi connectivity index (χ3v) is 1.91. The van der Waals surface area contributed by atoms with Crippen LogP contribution in [0.4, 0.5) is 18.9 Å². The van der Waals surface area contributed by atoms with Gasteiger partial charge in [-0.1, -0.05) is 0 Å². The molecule has 0 aliphatic carbocycles. The summed E-state index contributed by atoms with van der Waals surface area (Å²) < 4.78 is 39.2. The van der Waals surface area contributed by atoms with E-state index in [1.807, 2.05) is 0 Å². The normalized spacial score (nSPS) is 13.0. The van der Waals surface area contributed by atoms with Crippen molar-refractivity contribution >= 4 is 23.2 Å². The van der Waals surface area contributed by atoms with Gasteiger partial charge < -0.3 is 10.1 Å². The van der Waals surface area contributed by atoms with Crippen LogP contribution >= 0.6 is 11.6 Å². The van der Waals surface area contributed by atoms with Gasteiger partial charge in [-0.3, -0.25) is 4.79 Å². The fourth-order valence-electron chi connectivity index (χ4n) is 0.982. The van der Waals surface area contributed by atoms with Crippen molar-refractivity contribution in [3.63, 3.8) is 0 Å². The minimum absolute atomic E-state index is 0.344. The van der Waals surface area contributed by atoms with Gasteiger partial charge in [0.15, 0.2) is 0 Å². The minimum atomic E-state index is -4.73. The van der Waals surface area contributed by atoms with E-state index in [0.29, 0.717) is 5.69 Å². The number of rotatable bonds is 3. The molecule has 1 aromatic carbocycles. The maximum Gasteiger partial charge on any atom is 0.573 e. The molecule has 1 N–H and O–H groups in total. The Hall–Kier alpha value is -1.43. The highest BCUT2D eigenvalue weighted by atomic mass is 35.5. The SMILES string of the molecule is C[C@@H](Cl)C(=O)Nc1ccc(OC(F)(F)F)cc1. The molecular weight excluding hydrogens is 259 g/mol. The number of amides is 1. The second-order valence-corrected chi connectivity index (χ2v) is 3.83. The number of carbonyl (C=O) groups excluding carboxylic acids is 1. The first-order valence-corrected chi connectivity index (χ1v) is 5.02. The van der Waals surface area contributed by atoms with Gasteiger partial charge in [0, 0.05) is 5.69 Å². The Kier molecular flexibility index (Phi) is 4.22.